The zero-order valence-corrected chi connectivity index (χ0v) is 11.9. The Morgan fingerprint density at radius 3 is 2.55 bits per heavy atom. The first-order valence-corrected chi connectivity index (χ1v) is 7.31. The Labute approximate surface area is 120 Å². The van der Waals surface area contributed by atoms with Gasteiger partial charge in [-0.05, 0) is 55.0 Å². The molecule has 0 aromatic heterocycles. The van der Waals surface area contributed by atoms with Crippen LogP contribution in [0.3, 0.4) is 0 Å². The maximum Gasteiger partial charge on any atom is 0.136 e. The molecule has 0 aliphatic heterocycles. The van der Waals surface area contributed by atoms with Crippen molar-refractivity contribution in [3.63, 3.8) is 0 Å². The van der Waals surface area contributed by atoms with Crippen LogP contribution in [0.4, 0.5) is 0 Å². The largest absolute Gasteiger partial charge is 0.484 e. The van der Waals surface area contributed by atoms with E-state index in [1.165, 1.54) is 36.0 Å². The molecule has 1 aliphatic rings. The van der Waals surface area contributed by atoms with Crippen LogP contribution in [0.5, 0.6) is 5.75 Å². The van der Waals surface area contributed by atoms with Crippen molar-refractivity contribution >= 4 is 0 Å². The molecular weight excluding hydrogens is 246 g/mol. The van der Waals surface area contributed by atoms with Crippen LogP contribution < -0.4 is 10.5 Å². The molecular formula is C18H21NO. The van der Waals surface area contributed by atoms with Gasteiger partial charge in [-0.25, -0.2) is 0 Å². The zero-order chi connectivity index (χ0) is 13.9. The highest BCUT2D eigenvalue weighted by molar-refractivity contribution is 5.39. The smallest absolute Gasteiger partial charge is 0.136 e. The summed E-state index contributed by atoms with van der Waals surface area (Å²) in [7, 11) is 0. The van der Waals surface area contributed by atoms with E-state index in [2.05, 4.69) is 49.4 Å². The van der Waals surface area contributed by atoms with Gasteiger partial charge in [0.1, 0.15) is 11.9 Å². The summed E-state index contributed by atoms with van der Waals surface area (Å²) < 4.78 is 6.09. The number of benzene rings is 2. The van der Waals surface area contributed by atoms with Gasteiger partial charge in [0.2, 0.25) is 0 Å². The van der Waals surface area contributed by atoms with E-state index >= 15 is 0 Å². The third-order valence-electron chi connectivity index (χ3n) is 4.01. The van der Waals surface area contributed by atoms with Gasteiger partial charge >= 0.3 is 0 Å². The summed E-state index contributed by atoms with van der Waals surface area (Å²) in [5.74, 6) is 0.932. The monoisotopic (exact) mass is 267 g/mol. The SMILES string of the molecule is Cc1ccc(C(CN)Oc2ccc3c(c2)CCC3)cc1. The van der Waals surface area contributed by atoms with Gasteiger partial charge in [0.15, 0.2) is 0 Å². The highest BCUT2D eigenvalue weighted by Gasteiger charge is 2.15. The van der Waals surface area contributed by atoms with Crippen molar-refractivity contribution in [2.75, 3.05) is 6.54 Å². The van der Waals surface area contributed by atoms with Crippen LogP contribution in [-0.4, -0.2) is 6.54 Å². The van der Waals surface area contributed by atoms with Gasteiger partial charge in [-0.1, -0.05) is 35.9 Å². The Hall–Kier alpha value is -1.80. The van der Waals surface area contributed by atoms with Gasteiger partial charge in [0.25, 0.3) is 0 Å². The minimum absolute atomic E-state index is 0.0740. The molecule has 0 bridgehead atoms. The minimum atomic E-state index is -0.0740. The first kappa shape index (κ1) is 13.2. The highest BCUT2D eigenvalue weighted by atomic mass is 16.5. The Morgan fingerprint density at radius 1 is 1.05 bits per heavy atom. The second-order valence-electron chi connectivity index (χ2n) is 5.54. The highest BCUT2D eigenvalue weighted by Crippen LogP contribution is 2.28. The van der Waals surface area contributed by atoms with Gasteiger partial charge in [0, 0.05) is 6.54 Å². The molecule has 0 saturated carbocycles. The second-order valence-corrected chi connectivity index (χ2v) is 5.54. The summed E-state index contributed by atoms with van der Waals surface area (Å²) in [5.41, 5.74) is 11.2. The molecule has 2 nitrogen and oxygen atoms in total. The van der Waals surface area contributed by atoms with Gasteiger partial charge in [0.05, 0.1) is 0 Å². The fraction of sp³-hybridized carbons (Fsp3) is 0.333. The average molecular weight is 267 g/mol. The summed E-state index contributed by atoms with van der Waals surface area (Å²) in [6, 6.07) is 14.8. The lowest BCUT2D eigenvalue weighted by atomic mass is 10.1. The van der Waals surface area contributed by atoms with E-state index in [1.807, 2.05) is 0 Å². The molecule has 104 valence electrons. The minimum Gasteiger partial charge on any atom is -0.484 e. The van der Waals surface area contributed by atoms with Crippen molar-refractivity contribution in [3.05, 3.63) is 64.7 Å². The summed E-state index contributed by atoms with van der Waals surface area (Å²) in [6.07, 6.45) is 3.56. The lowest BCUT2D eigenvalue weighted by Crippen LogP contribution is -2.18. The molecule has 2 N–H and O–H groups in total. The summed E-state index contributed by atoms with van der Waals surface area (Å²) >= 11 is 0. The first-order chi connectivity index (χ1) is 9.76. The zero-order valence-electron chi connectivity index (χ0n) is 11.9. The summed E-state index contributed by atoms with van der Waals surface area (Å²) in [4.78, 5) is 0. The molecule has 20 heavy (non-hydrogen) atoms. The number of aryl methyl sites for hydroxylation is 3. The molecule has 1 atom stereocenters. The van der Waals surface area contributed by atoms with E-state index in [4.69, 9.17) is 10.5 Å². The second kappa shape index (κ2) is 5.68. The summed E-state index contributed by atoms with van der Waals surface area (Å²) in [5, 5.41) is 0. The van der Waals surface area contributed by atoms with Crippen LogP contribution in [0.1, 0.15) is 34.8 Å². The summed E-state index contributed by atoms with van der Waals surface area (Å²) in [6.45, 7) is 2.57. The van der Waals surface area contributed by atoms with Gasteiger partial charge in [-0.2, -0.15) is 0 Å². The fourth-order valence-corrected chi connectivity index (χ4v) is 2.82. The number of fused-ring (bicyclic) bond motifs is 1. The molecule has 0 fully saturated rings. The normalized spacial score (nSPS) is 14.9. The molecule has 3 rings (SSSR count). The Morgan fingerprint density at radius 2 is 1.80 bits per heavy atom. The number of ether oxygens (including phenoxy) is 1. The molecule has 0 heterocycles. The van der Waals surface area contributed by atoms with Crippen molar-refractivity contribution in [2.24, 2.45) is 5.73 Å². The van der Waals surface area contributed by atoms with Crippen molar-refractivity contribution in [1.82, 2.24) is 0 Å². The lowest BCUT2D eigenvalue weighted by molar-refractivity contribution is 0.214. The predicted octanol–water partition coefficient (Wildman–Crippen LogP) is 3.56. The molecule has 2 aromatic rings. The number of rotatable bonds is 4. The number of hydrogen-bond acceptors (Lipinski definition) is 2. The van der Waals surface area contributed by atoms with Crippen LogP contribution in [0.25, 0.3) is 0 Å². The van der Waals surface area contributed by atoms with Crippen molar-refractivity contribution < 1.29 is 4.74 Å². The van der Waals surface area contributed by atoms with Gasteiger partial charge < -0.3 is 10.5 Å². The molecule has 0 spiro atoms. The lowest BCUT2D eigenvalue weighted by Gasteiger charge is -2.18. The molecule has 1 aliphatic carbocycles. The van der Waals surface area contributed by atoms with Crippen molar-refractivity contribution in [3.8, 4) is 5.75 Å². The van der Waals surface area contributed by atoms with E-state index in [9.17, 15) is 0 Å². The topological polar surface area (TPSA) is 35.2 Å². The number of nitrogens with two attached hydrogens (primary N) is 1. The standard InChI is InChI=1S/C18H21NO/c1-13-5-7-15(8-6-13)18(12-19)20-17-10-9-14-3-2-4-16(14)11-17/h5-11,18H,2-4,12,19H2,1H3. The third-order valence-corrected chi connectivity index (χ3v) is 4.01. The predicted molar refractivity (Wildman–Crippen MR) is 82.1 cm³/mol. The maximum atomic E-state index is 6.09. The van der Waals surface area contributed by atoms with E-state index in [0.717, 1.165) is 11.3 Å². The Kier molecular flexibility index (Phi) is 3.75. The molecule has 1 unspecified atom stereocenters. The van der Waals surface area contributed by atoms with E-state index in [1.54, 1.807) is 0 Å². The van der Waals surface area contributed by atoms with Gasteiger partial charge in [-0.15, -0.1) is 0 Å². The van der Waals surface area contributed by atoms with Crippen LogP contribution in [-0.2, 0) is 12.8 Å². The Balaban J connectivity index is 1.79. The van der Waals surface area contributed by atoms with E-state index < -0.39 is 0 Å². The number of hydrogen-bond donors (Lipinski definition) is 1. The van der Waals surface area contributed by atoms with E-state index in [0.29, 0.717) is 6.54 Å². The molecule has 2 aromatic carbocycles. The Bertz CT molecular complexity index is 589. The van der Waals surface area contributed by atoms with Crippen molar-refractivity contribution in [2.45, 2.75) is 32.3 Å². The molecule has 0 amide bonds. The maximum absolute atomic E-state index is 6.09. The fourth-order valence-electron chi connectivity index (χ4n) is 2.82. The van der Waals surface area contributed by atoms with E-state index in [-0.39, 0.29) is 6.10 Å². The van der Waals surface area contributed by atoms with Crippen LogP contribution in [0.15, 0.2) is 42.5 Å². The van der Waals surface area contributed by atoms with Crippen molar-refractivity contribution in [1.29, 1.82) is 0 Å². The van der Waals surface area contributed by atoms with Crippen LogP contribution >= 0.6 is 0 Å². The molecule has 0 radical (unpaired) electrons. The average Bonchev–Trinajstić information content (AvgIpc) is 2.93. The quantitative estimate of drug-likeness (QED) is 0.919. The third kappa shape index (κ3) is 2.70. The molecule has 2 heteroatoms. The molecule has 0 saturated heterocycles. The first-order valence-electron chi connectivity index (χ1n) is 7.31. The van der Waals surface area contributed by atoms with Gasteiger partial charge in [-0.3, -0.25) is 0 Å². The van der Waals surface area contributed by atoms with Crippen LogP contribution in [0, 0.1) is 6.92 Å². The van der Waals surface area contributed by atoms with Crippen LogP contribution in [0.2, 0.25) is 0 Å².